The van der Waals surface area contributed by atoms with E-state index in [1.165, 1.54) is 0 Å². The molecule has 3 aliphatic rings. The largest absolute Gasteiger partial charge is 0.429 e. The standard InChI is InChI=1S/C21H18F6O4/c1-2-5-19-9-28-21(29-10-19,30-11-19)12-3-4-14(15(22)6-12)20(26,27)31-13-7-16(23)18(25)17(24)8-13/h3-4,6-8H,2,5,9-11H2,1H3. The van der Waals surface area contributed by atoms with Crippen LogP contribution in [0.5, 0.6) is 5.75 Å². The maximum atomic E-state index is 14.6. The molecule has 3 saturated heterocycles. The smallest absolute Gasteiger partial charge is 0.429 e. The predicted molar refractivity (Wildman–Crippen MR) is 94.1 cm³/mol. The van der Waals surface area contributed by atoms with Crippen LogP contribution in [0.4, 0.5) is 26.3 Å². The molecular weight excluding hydrogens is 430 g/mol. The third kappa shape index (κ3) is 3.88. The number of hydrogen-bond donors (Lipinski definition) is 0. The molecule has 0 saturated carbocycles. The lowest BCUT2D eigenvalue weighted by molar-refractivity contribution is -0.480. The van der Waals surface area contributed by atoms with Crippen LogP contribution in [0, 0.1) is 28.7 Å². The molecule has 0 spiro atoms. The zero-order chi connectivity index (χ0) is 22.4. The SMILES string of the molecule is CCCC12COC(c3ccc(C(F)(F)Oc4cc(F)c(F)c(F)c4)c(F)c3)(OC1)OC2. The number of benzene rings is 2. The predicted octanol–water partition coefficient (Wildman–Crippen LogP) is 5.35. The van der Waals surface area contributed by atoms with Crippen LogP contribution in [0.2, 0.25) is 0 Å². The maximum Gasteiger partial charge on any atom is 0.429 e. The summed E-state index contributed by atoms with van der Waals surface area (Å²) in [7, 11) is 0. The molecule has 0 radical (unpaired) electrons. The molecule has 2 aromatic rings. The van der Waals surface area contributed by atoms with E-state index in [4.69, 9.17) is 14.2 Å². The van der Waals surface area contributed by atoms with E-state index in [1.807, 2.05) is 6.92 Å². The average molecular weight is 448 g/mol. The Bertz CT molecular complexity index is 948. The van der Waals surface area contributed by atoms with E-state index < -0.39 is 46.7 Å². The van der Waals surface area contributed by atoms with Gasteiger partial charge in [0, 0.05) is 23.1 Å². The molecule has 0 amide bonds. The fourth-order valence-electron chi connectivity index (χ4n) is 3.73. The summed E-state index contributed by atoms with van der Waals surface area (Å²) in [5.74, 6) is -9.37. The zero-order valence-electron chi connectivity index (χ0n) is 16.3. The van der Waals surface area contributed by atoms with Crippen LogP contribution in [-0.4, -0.2) is 19.8 Å². The van der Waals surface area contributed by atoms with Crippen LogP contribution >= 0.6 is 0 Å². The molecule has 0 unspecified atom stereocenters. The number of halogens is 6. The fourth-order valence-corrected chi connectivity index (χ4v) is 3.73. The molecule has 0 aliphatic carbocycles. The van der Waals surface area contributed by atoms with E-state index in [0.29, 0.717) is 19.8 Å². The van der Waals surface area contributed by atoms with E-state index in [2.05, 4.69) is 4.74 Å². The lowest BCUT2D eigenvalue weighted by Gasteiger charge is -2.51. The molecule has 3 heterocycles. The minimum Gasteiger partial charge on any atom is -0.429 e. The van der Waals surface area contributed by atoms with Crippen LogP contribution in [0.1, 0.15) is 30.9 Å². The molecule has 0 N–H and O–H groups in total. The highest BCUT2D eigenvalue weighted by Gasteiger charge is 2.53. The van der Waals surface area contributed by atoms with Crippen molar-refractivity contribution in [3.63, 3.8) is 0 Å². The molecule has 3 aliphatic heterocycles. The second-order valence-electron chi connectivity index (χ2n) is 7.69. The minimum absolute atomic E-state index is 0.0354. The number of rotatable bonds is 6. The fraction of sp³-hybridized carbons (Fsp3) is 0.429. The summed E-state index contributed by atoms with van der Waals surface area (Å²) >= 11 is 0. The van der Waals surface area contributed by atoms with Gasteiger partial charge >= 0.3 is 12.1 Å². The van der Waals surface area contributed by atoms with Crippen LogP contribution < -0.4 is 4.74 Å². The van der Waals surface area contributed by atoms with Gasteiger partial charge < -0.3 is 18.9 Å². The number of hydrogen-bond acceptors (Lipinski definition) is 4. The molecule has 31 heavy (non-hydrogen) atoms. The molecule has 2 aromatic carbocycles. The van der Waals surface area contributed by atoms with E-state index in [1.54, 1.807) is 0 Å². The van der Waals surface area contributed by atoms with Gasteiger partial charge in [-0.25, -0.2) is 17.6 Å². The Hall–Kier alpha value is -2.30. The van der Waals surface area contributed by atoms with Gasteiger partial charge in [-0.1, -0.05) is 19.4 Å². The molecular formula is C21H18F6O4. The van der Waals surface area contributed by atoms with Crippen molar-refractivity contribution in [2.75, 3.05) is 19.8 Å². The third-order valence-corrected chi connectivity index (χ3v) is 5.33. The summed E-state index contributed by atoms with van der Waals surface area (Å²) in [6, 6.07) is 3.09. The van der Waals surface area contributed by atoms with Gasteiger partial charge in [-0.15, -0.1) is 0 Å². The molecule has 3 fully saturated rings. The second-order valence-corrected chi connectivity index (χ2v) is 7.69. The Balaban J connectivity index is 1.56. The van der Waals surface area contributed by atoms with Crippen molar-refractivity contribution in [1.29, 1.82) is 0 Å². The first-order valence-electron chi connectivity index (χ1n) is 9.53. The quantitative estimate of drug-likeness (QED) is 0.441. The van der Waals surface area contributed by atoms with Crippen molar-refractivity contribution in [3.8, 4) is 5.75 Å². The molecule has 5 rings (SSSR count). The van der Waals surface area contributed by atoms with Crippen molar-refractivity contribution < 1.29 is 45.3 Å². The van der Waals surface area contributed by atoms with Gasteiger partial charge in [0.1, 0.15) is 11.6 Å². The Morgan fingerprint density at radius 2 is 1.48 bits per heavy atom. The molecule has 0 aromatic heterocycles. The number of ether oxygens (including phenoxy) is 4. The first kappa shape index (κ1) is 21.9. The van der Waals surface area contributed by atoms with E-state index in [-0.39, 0.29) is 23.1 Å². The summed E-state index contributed by atoms with van der Waals surface area (Å²) in [6.45, 7) is 2.94. The average Bonchev–Trinajstić information content (AvgIpc) is 2.73. The van der Waals surface area contributed by atoms with Crippen molar-refractivity contribution in [1.82, 2.24) is 0 Å². The maximum absolute atomic E-state index is 14.6. The van der Waals surface area contributed by atoms with Gasteiger partial charge in [-0.3, -0.25) is 0 Å². The lowest BCUT2D eigenvalue weighted by Crippen LogP contribution is -2.58. The topological polar surface area (TPSA) is 36.9 Å². The van der Waals surface area contributed by atoms with Crippen molar-refractivity contribution >= 4 is 0 Å². The molecule has 0 atom stereocenters. The van der Waals surface area contributed by atoms with Gasteiger partial charge in [-0.05, 0) is 18.6 Å². The summed E-state index contributed by atoms with van der Waals surface area (Å²) in [5, 5.41) is 0. The Labute approximate surface area is 173 Å². The minimum atomic E-state index is -4.31. The Kier molecular flexibility index (Phi) is 5.43. The van der Waals surface area contributed by atoms with E-state index >= 15 is 0 Å². The highest BCUT2D eigenvalue weighted by atomic mass is 19.3. The van der Waals surface area contributed by atoms with Gasteiger partial charge in [-0.2, -0.15) is 8.78 Å². The highest BCUT2D eigenvalue weighted by molar-refractivity contribution is 5.31. The van der Waals surface area contributed by atoms with Gasteiger partial charge in [0.05, 0.1) is 25.4 Å². The number of alkyl halides is 2. The summed E-state index contributed by atoms with van der Waals surface area (Å²) in [6.07, 6.45) is -2.61. The third-order valence-electron chi connectivity index (χ3n) is 5.33. The Morgan fingerprint density at radius 1 is 0.903 bits per heavy atom. The molecule has 4 nitrogen and oxygen atoms in total. The zero-order valence-corrected chi connectivity index (χ0v) is 16.3. The first-order chi connectivity index (χ1) is 14.6. The molecule has 10 heteroatoms. The van der Waals surface area contributed by atoms with E-state index in [0.717, 1.165) is 31.0 Å². The molecule has 2 bridgehead atoms. The van der Waals surface area contributed by atoms with Crippen molar-refractivity contribution in [3.05, 3.63) is 64.7 Å². The first-order valence-corrected chi connectivity index (χ1v) is 9.53. The highest BCUT2D eigenvalue weighted by Crippen LogP contribution is 2.47. The summed E-state index contributed by atoms with van der Waals surface area (Å²) in [4.78, 5) is 0. The van der Waals surface area contributed by atoms with Gasteiger partial charge in [0.25, 0.3) is 0 Å². The van der Waals surface area contributed by atoms with Gasteiger partial charge in [0.2, 0.25) is 0 Å². The normalized spacial score (nSPS) is 25.6. The Morgan fingerprint density at radius 3 is 2.00 bits per heavy atom. The van der Waals surface area contributed by atoms with E-state index in [9.17, 15) is 26.3 Å². The monoisotopic (exact) mass is 448 g/mol. The second kappa shape index (κ2) is 7.68. The summed E-state index contributed by atoms with van der Waals surface area (Å²) in [5.41, 5.74) is -1.46. The number of fused-ring (bicyclic) bond motifs is 3. The lowest BCUT2D eigenvalue weighted by atomic mass is 9.83. The van der Waals surface area contributed by atoms with Gasteiger partial charge in [0.15, 0.2) is 17.5 Å². The van der Waals surface area contributed by atoms with Crippen LogP contribution in [0.25, 0.3) is 0 Å². The summed E-state index contributed by atoms with van der Waals surface area (Å²) < 4.78 is 104. The molecule has 168 valence electrons. The van der Waals surface area contributed by atoms with Crippen molar-refractivity contribution in [2.45, 2.75) is 31.8 Å². The van der Waals surface area contributed by atoms with Crippen LogP contribution in [0.15, 0.2) is 30.3 Å². The van der Waals surface area contributed by atoms with Crippen LogP contribution in [-0.2, 0) is 26.3 Å². The van der Waals surface area contributed by atoms with Crippen LogP contribution in [0.3, 0.4) is 0 Å². The van der Waals surface area contributed by atoms with Crippen molar-refractivity contribution in [2.24, 2.45) is 5.41 Å².